The average molecular weight is 606 g/mol. The zero-order chi connectivity index (χ0) is 18.8. The van der Waals surface area contributed by atoms with Gasteiger partial charge in [-0.05, 0) is 0 Å². The second kappa shape index (κ2) is 5.88. The summed E-state index contributed by atoms with van der Waals surface area (Å²) in [5.41, 5.74) is 6.21. The predicted octanol–water partition coefficient (Wildman–Crippen LogP) is 7.91. The van der Waals surface area contributed by atoms with Gasteiger partial charge in [-0.3, -0.25) is 0 Å². The number of allylic oxidation sites excluding steroid dienone is 6. The van der Waals surface area contributed by atoms with Gasteiger partial charge in [-0.2, -0.15) is 0 Å². The molecule has 0 nitrogen and oxygen atoms in total. The Morgan fingerprint density at radius 2 is 1.23 bits per heavy atom. The molecule has 1 fully saturated rings. The van der Waals surface area contributed by atoms with Crippen LogP contribution in [0.4, 0.5) is 0 Å². The number of thioether (sulfide) groups is 2. The van der Waals surface area contributed by atoms with E-state index in [1.165, 1.54) is 8.96 Å². The normalized spacial score (nSPS) is 33.5. The Balaban J connectivity index is 1.85. The van der Waals surface area contributed by atoms with Gasteiger partial charge in [-0.15, -0.1) is 0 Å². The molecular weight excluding hydrogens is 583 g/mol. The van der Waals surface area contributed by atoms with Gasteiger partial charge in [0.05, 0.1) is 0 Å². The molecule has 2 unspecified atom stereocenters. The summed E-state index contributed by atoms with van der Waals surface area (Å²) in [6.45, 7) is 9.92. The number of rotatable bonds is 0. The Kier molecular flexibility index (Phi) is 4.34. The molecule has 3 heterocycles. The first-order chi connectivity index (χ1) is 12.1. The number of halogens is 2. The molecule has 2 aliphatic carbocycles. The SMILES string of the molecule is CC1=C2C3S[C](=C(Br)C3=C1)[Zr]([CH3])([CH3])[C]1=C(Br)C3=CC(C)=C(C3S1)[Si]2(C)C. The molecule has 0 amide bonds. The molecule has 0 aromatic carbocycles. The van der Waals surface area contributed by atoms with Crippen LogP contribution in [0.5, 0.6) is 0 Å². The van der Waals surface area contributed by atoms with Crippen molar-refractivity contribution >= 4 is 63.5 Å². The molecule has 136 valence electrons. The van der Waals surface area contributed by atoms with Crippen LogP contribution < -0.4 is 0 Å². The summed E-state index contributed by atoms with van der Waals surface area (Å²) in [5, 5.41) is 4.71. The van der Waals surface area contributed by atoms with Crippen molar-refractivity contribution in [3.05, 3.63) is 59.0 Å². The molecule has 0 spiro atoms. The summed E-state index contributed by atoms with van der Waals surface area (Å²) in [5.74, 6) is 0. The molecule has 1 saturated heterocycles. The summed E-state index contributed by atoms with van der Waals surface area (Å²) in [7, 11) is -1.71. The molecular formula is C20H22Br2S2SiZr. The van der Waals surface area contributed by atoms with Crippen molar-refractivity contribution in [2.24, 2.45) is 0 Å². The fraction of sp³-hybridized carbons (Fsp3) is 0.400. The predicted molar refractivity (Wildman–Crippen MR) is 125 cm³/mol. The summed E-state index contributed by atoms with van der Waals surface area (Å²) in [6.07, 6.45) is 5.00. The van der Waals surface area contributed by atoms with Crippen molar-refractivity contribution in [1.29, 1.82) is 0 Å². The zero-order valence-corrected chi connectivity index (χ0v) is 24.1. The van der Waals surface area contributed by atoms with E-state index in [0.29, 0.717) is 10.5 Å². The van der Waals surface area contributed by atoms with E-state index in [-0.39, 0.29) is 0 Å². The van der Waals surface area contributed by atoms with E-state index in [1.54, 1.807) is 37.9 Å². The van der Waals surface area contributed by atoms with Crippen LogP contribution in [0.3, 0.4) is 0 Å². The van der Waals surface area contributed by atoms with Crippen molar-refractivity contribution in [1.82, 2.24) is 0 Å². The van der Waals surface area contributed by atoms with Gasteiger partial charge < -0.3 is 0 Å². The third kappa shape index (κ3) is 2.24. The van der Waals surface area contributed by atoms with Gasteiger partial charge in [0.1, 0.15) is 0 Å². The van der Waals surface area contributed by atoms with Crippen molar-refractivity contribution < 1.29 is 20.3 Å². The average Bonchev–Trinajstić information content (AvgIpc) is 3.20. The molecule has 5 aliphatic rings. The first-order valence-electron chi connectivity index (χ1n) is 9.07. The molecule has 3 aliphatic heterocycles. The summed E-state index contributed by atoms with van der Waals surface area (Å²) in [4.78, 5) is 0. The third-order valence-electron chi connectivity index (χ3n) is 6.54. The van der Waals surface area contributed by atoms with Gasteiger partial charge in [0.2, 0.25) is 0 Å². The van der Waals surface area contributed by atoms with Crippen molar-refractivity contribution in [2.45, 2.75) is 46.7 Å². The van der Waals surface area contributed by atoms with Crippen LogP contribution in [-0.4, -0.2) is 18.6 Å². The van der Waals surface area contributed by atoms with Crippen LogP contribution in [0, 0.1) is 0 Å². The van der Waals surface area contributed by atoms with E-state index in [0.717, 1.165) is 0 Å². The van der Waals surface area contributed by atoms with Gasteiger partial charge in [0, 0.05) is 0 Å². The number of hydrogen-bond acceptors (Lipinski definition) is 2. The molecule has 0 aromatic heterocycles. The van der Waals surface area contributed by atoms with E-state index < -0.39 is 28.3 Å². The second-order valence-electron chi connectivity index (χ2n) is 8.92. The molecule has 6 heteroatoms. The topological polar surface area (TPSA) is 0 Å². The third-order valence-corrected chi connectivity index (χ3v) is 32.0. The van der Waals surface area contributed by atoms with Crippen molar-refractivity contribution in [3.63, 3.8) is 0 Å². The van der Waals surface area contributed by atoms with E-state index >= 15 is 0 Å². The van der Waals surface area contributed by atoms with Gasteiger partial charge in [-0.1, -0.05) is 0 Å². The molecule has 4 bridgehead atoms. The maximum atomic E-state index is 4.07. The summed E-state index contributed by atoms with van der Waals surface area (Å²) >= 11 is 9.92. The van der Waals surface area contributed by atoms with Gasteiger partial charge in [0.15, 0.2) is 0 Å². The fourth-order valence-electron chi connectivity index (χ4n) is 5.43. The first kappa shape index (κ1) is 19.2. The van der Waals surface area contributed by atoms with Gasteiger partial charge in [0.25, 0.3) is 0 Å². The molecule has 0 aromatic rings. The Labute approximate surface area is 187 Å². The standard InChI is InChI=1S/C18H16Br2S2Si.2CH3.Zr/c1-9-5-11-13(19)7-21-15(11)17(9)23(3,4)18-10(2)6-12-14(20)8-22-16(12)18;;;/h5-6,15-16H,1-4H3;2*1H3;. The Morgan fingerprint density at radius 3 is 1.62 bits per heavy atom. The number of fused-ring (bicyclic) bond motifs is 2. The minimum absolute atomic E-state index is 0.572. The van der Waals surface area contributed by atoms with E-state index in [2.05, 4.69) is 104 Å². The van der Waals surface area contributed by atoms with Gasteiger partial charge >= 0.3 is 189 Å². The van der Waals surface area contributed by atoms with Crippen LogP contribution in [0.25, 0.3) is 0 Å². The van der Waals surface area contributed by atoms with Crippen molar-refractivity contribution in [2.75, 3.05) is 0 Å². The summed E-state index contributed by atoms with van der Waals surface area (Å²) < 4.78 is 11.5. The minimum atomic E-state index is -2.61. The van der Waals surface area contributed by atoms with Crippen LogP contribution in [0.15, 0.2) is 59.0 Å². The fourth-order valence-corrected chi connectivity index (χ4v) is 33.3. The first-order valence-corrected chi connectivity index (χ1v) is 22.8. The monoisotopic (exact) mass is 602 g/mol. The Morgan fingerprint density at radius 1 is 0.846 bits per heavy atom. The molecule has 26 heavy (non-hydrogen) atoms. The van der Waals surface area contributed by atoms with Crippen LogP contribution in [-0.2, 0) is 20.3 Å². The summed E-state index contributed by atoms with van der Waals surface area (Å²) in [6, 6.07) is 0. The quantitative estimate of drug-likeness (QED) is 0.258. The molecule has 0 saturated carbocycles. The molecule has 0 radical (unpaired) electrons. The van der Waals surface area contributed by atoms with Crippen LogP contribution >= 0.6 is 55.4 Å². The van der Waals surface area contributed by atoms with Gasteiger partial charge in [-0.25, -0.2) is 0 Å². The van der Waals surface area contributed by atoms with E-state index in [9.17, 15) is 0 Å². The van der Waals surface area contributed by atoms with E-state index in [4.69, 9.17) is 0 Å². The molecule has 0 N–H and O–H groups in total. The number of hydrogen-bond donors (Lipinski definition) is 0. The van der Waals surface area contributed by atoms with Crippen molar-refractivity contribution in [3.8, 4) is 0 Å². The second-order valence-corrected chi connectivity index (χ2v) is 29.3. The van der Waals surface area contributed by atoms with Crippen LogP contribution in [0.2, 0.25) is 22.4 Å². The zero-order valence-electron chi connectivity index (χ0n) is 15.9. The van der Waals surface area contributed by atoms with E-state index in [1.807, 2.05) is 0 Å². The Bertz CT molecular complexity index is 903. The molecule has 2 atom stereocenters. The molecule has 5 rings (SSSR count). The van der Waals surface area contributed by atoms with Crippen LogP contribution in [0.1, 0.15) is 13.8 Å². The Hall–Kier alpha value is 1.20. The maximum absolute atomic E-state index is 4.07.